The van der Waals surface area contributed by atoms with E-state index in [-0.39, 0.29) is 23.5 Å². The number of aryl methyl sites for hydroxylation is 1. The molecule has 0 bridgehead atoms. The molecule has 1 N–H and O–H groups in total. The summed E-state index contributed by atoms with van der Waals surface area (Å²) in [4.78, 5) is 27.6. The number of Topliss-reactive ketones (excluding diaryl/α,β-unsaturated/α-hetero) is 1. The van der Waals surface area contributed by atoms with E-state index < -0.39 is 0 Å². The summed E-state index contributed by atoms with van der Waals surface area (Å²) in [5, 5.41) is 3.24. The Balaban J connectivity index is -0.000000718. The highest BCUT2D eigenvalue weighted by atomic mass is 19.1. The summed E-state index contributed by atoms with van der Waals surface area (Å²) < 4.78 is 17.2. The van der Waals surface area contributed by atoms with E-state index >= 15 is 0 Å². The summed E-state index contributed by atoms with van der Waals surface area (Å²) in [6, 6.07) is 6.28. The lowest BCUT2D eigenvalue weighted by atomic mass is 9.90. The number of carbonyl (C=O) groups excluding carboxylic acids is 2. The molecule has 1 aromatic carbocycles. The Morgan fingerprint density at radius 1 is 0.981 bits per heavy atom. The van der Waals surface area contributed by atoms with Crippen molar-refractivity contribution in [1.29, 1.82) is 0 Å². The van der Waals surface area contributed by atoms with Crippen molar-refractivity contribution in [3.8, 4) is 0 Å². The first-order valence-electron chi connectivity index (χ1n) is 21.6. The molecule has 0 saturated heterocycles. The van der Waals surface area contributed by atoms with Gasteiger partial charge in [0, 0.05) is 25.1 Å². The van der Waals surface area contributed by atoms with E-state index in [0.29, 0.717) is 18.9 Å². The van der Waals surface area contributed by atoms with E-state index in [2.05, 4.69) is 55.3 Å². The number of carbonyl (C=O) groups is 2. The predicted octanol–water partition coefficient (Wildman–Crippen LogP) is 13.6. The van der Waals surface area contributed by atoms with Gasteiger partial charge in [-0.2, -0.15) is 0 Å². The number of nitrogens with zero attached hydrogens (tertiary/aromatic N) is 1. The minimum atomic E-state index is -0.178. The van der Waals surface area contributed by atoms with E-state index in [1.165, 1.54) is 47.3 Å². The first-order valence-corrected chi connectivity index (χ1v) is 21.6. The maximum absolute atomic E-state index is 12.9. The summed E-state index contributed by atoms with van der Waals surface area (Å²) >= 11 is 0. The number of allylic oxidation sites excluding steroid dienone is 5. The van der Waals surface area contributed by atoms with Gasteiger partial charge in [0.1, 0.15) is 5.83 Å². The third kappa shape index (κ3) is 27.7. The molecule has 1 aliphatic rings. The van der Waals surface area contributed by atoms with Crippen LogP contribution >= 0.6 is 0 Å². The van der Waals surface area contributed by atoms with Crippen molar-refractivity contribution in [2.24, 2.45) is 11.8 Å². The monoisotopic (exact) mass is 759 g/mol. The standard InChI is InChI=1S/C34H54N2O3.C6H9F.4C2H6/c1-7-21-36(25-29-13-10-14-31(24-29)27(5)34(38)39-9-3)22-19-30-16-17-32(23-26(30)4)33(37)15-11-12-28(8-2)18-20-35-6;1-3-5-6(7)4-2;4*1-2/h13,16-17,23-24,27-28,35H,7-12,14-15,18-22,25H2,1-6H3;3-5H,1-2H3;4*1-2H3/b;5-3-,6-4+;;;;. The zero-order chi connectivity index (χ0) is 42.3. The van der Waals surface area contributed by atoms with Gasteiger partial charge in [-0.25, -0.2) is 4.39 Å². The van der Waals surface area contributed by atoms with Crippen molar-refractivity contribution in [1.82, 2.24) is 10.2 Å². The van der Waals surface area contributed by atoms with Crippen LogP contribution in [0.15, 0.2) is 65.6 Å². The van der Waals surface area contributed by atoms with E-state index in [1.807, 2.05) is 82.4 Å². The van der Waals surface area contributed by atoms with Gasteiger partial charge in [-0.1, -0.05) is 118 Å². The fourth-order valence-corrected chi connectivity index (χ4v) is 5.79. The van der Waals surface area contributed by atoms with Crippen molar-refractivity contribution in [3.63, 3.8) is 0 Å². The molecule has 0 aromatic heterocycles. The molecular formula is C48H87FN2O3. The second-order valence-electron chi connectivity index (χ2n) is 12.3. The molecule has 0 amide bonds. The molecule has 5 nitrogen and oxygen atoms in total. The molecule has 0 spiro atoms. The molecule has 2 unspecified atom stereocenters. The summed E-state index contributed by atoms with van der Waals surface area (Å²) in [5.74, 6) is 0.492. The molecule has 54 heavy (non-hydrogen) atoms. The topological polar surface area (TPSA) is 58.6 Å². The fraction of sp³-hybridized carbons (Fsp3) is 0.667. The van der Waals surface area contributed by atoms with Crippen molar-refractivity contribution in [3.05, 3.63) is 82.2 Å². The fourth-order valence-electron chi connectivity index (χ4n) is 5.79. The molecule has 0 heterocycles. The molecule has 0 saturated carbocycles. The molecule has 6 heteroatoms. The molecule has 0 radical (unpaired) electrons. The van der Waals surface area contributed by atoms with Gasteiger partial charge in [0.15, 0.2) is 5.78 Å². The Hall–Kier alpha value is -2.83. The maximum Gasteiger partial charge on any atom is 0.312 e. The minimum absolute atomic E-state index is 0.123. The third-order valence-corrected chi connectivity index (χ3v) is 8.71. The molecule has 0 fully saturated rings. The molecule has 1 aromatic rings. The Bertz CT molecular complexity index is 1170. The molecule has 314 valence electrons. The molecular weight excluding hydrogens is 672 g/mol. The van der Waals surface area contributed by atoms with Gasteiger partial charge in [-0.15, -0.1) is 0 Å². The van der Waals surface area contributed by atoms with Gasteiger partial charge in [-0.3, -0.25) is 14.5 Å². The summed E-state index contributed by atoms with van der Waals surface area (Å²) in [5.41, 5.74) is 5.86. The van der Waals surface area contributed by atoms with Crippen molar-refractivity contribution in [2.45, 2.75) is 162 Å². The highest BCUT2D eigenvalue weighted by Crippen LogP contribution is 2.26. The number of rotatable bonds is 20. The van der Waals surface area contributed by atoms with Gasteiger partial charge in [0.05, 0.1) is 12.5 Å². The van der Waals surface area contributed by atoms with Crippen LogP contribution in [-0.4, -0.2) is 56.5 Å². The predicted molar refractivity (Wildman–Crippen MR) is 238 cm³/mol. The highest BCUT2D eigenvalue weighted by Gasteiger charge is 2.21. The van der Waals surface area contributed by atoms with Crippen molar-refractivity contribution < 1.29 is 18.7 Å². The van der Waals surface area contributed by atoms with Gasteiger partial charge < -0.3 is 10.1 Å². The highest BCUT2D eigenvalue weighted by molar-refractivity contribution is 5.96. The van der Waals surface area contributed by atoms with Crippen LogP contribution in [0.4, 0.5) is 4.39 Å². The number of benzene rings is 1. The van der Waals surface area contributed by atoms with E-state index in [0.717, 1.165) is 70.3 Å². The Labute approximate surface area is 335 Å². The third-order valence-electron chi connectivity index (χ3n) is 8.71. The van der Waals surface area contributed by atoms with Crippen LogP contribution in [0.3, 0.4) is 0 Å². The van der Waals surface area contributed by atoms with Crippen LogP contribution in [0.5, 0.6) is 0 Å². The van der Waals surface area contributed by atoms with Crippen LogP contribution in [-0.2, 0) is 16.0 Å². The van der Waals surface area contributed by atoms with E-state index in [1.54, 1.807) is 19.9 Å². The summed E-state index contributed by atoms with van der Waals surface area (Å²) in [6.45, 7) is 34.3. The van der Waals surface area contributed by atoms with Crippen LogP contribution in [0.25, 0.3) is 0 Å². The van der Waals surface area contributed by atoms with Crippen molar-refractivity contribution >= 4 is 11.8 Å². The SMILES string of the molecule is C/C=C\C(F)=C/C.CC.CC.CC.CC.CCCN(CCc1ccc(C(=O)CCCC(CC)CCNC)cc1C)CC1=CCCC(C(C)C(=O)OCC)=C1. The summed E-state index contributed by atoms with van der Waals surface area (Å²) in [6.07, 6.45) is 18.1. The molecule has 2 rings (SSSR count). The maximum atomic E-state index is 12.9. The smallest absolute Gasteiger partial charge is 0.312 e. The first kappa shape index (κ1) is 57.9. The van der Waals surface area contributed by atoms with Crippen LogP contribution < -0.4 is 5.32 Å². The summed E-state index contributed by atoms with van der Waals surface area (Å²) in [7, 11) is 2.00. The van der Waals surface area contributed by atoms with Gasteiger partial charge in [0.25, 0.3) is 0 Å². The lowest BCUT2D eigenvalue weighted by molar-refractivity contribution is -0.146. The normalized spacial score (nSPS) is 13.0. The number of hydrogen-bond donors (Lipinski definition) is 1. The lowest BCUT2D eigenvalue weighted by Gasteiger charge is -2.25. The van der Waals surface area contributed by atoms with Gasteiger partial charge in [0.2, 0.25) is 0 Å². The van der Waals surface area contributed by atoms with E-state index in [9.17, 15) is 14.0 Å². The second kappa shape index (κ2) is 41.3. The number of ketones is 1. The van der Waals surface area contributed by atoms with Crippen molar-refractivity contribution in [2.75, 3.05) is 39.8 Å². The average Bonchev–Trinajstić information content (AvgIpc) is 3.21. The van der Waals surface area contributed by atoms with Crippen LogP contribution in [0.1, 0.15) is 170 Å². The van der Waals surface area contributed by atoms with Crippen LogP contribution in [0.2, 0.25) is 0 Å². The van der Waals surface area contributed by atoms with Gasteiger partial charge in [-0.05, 0) is 134 Å². The average molecular weight is 759 g/mol. The zero-order valence-corrected chi connectivity index (χ0v) is 38.2. The first-order chi connectivity index (χ1) is 26.1. The zero-order valence-electron chi connectivity index (χ0n) is 38.2. The minimum Gasteiger partial charge on any atom is -0.466 e. The van der Waals surface area contributed by atoms with Crippen LogP contribution in [0, 0.1) is 18.8 Å². The Morgan fingerprint density at radius 2 is 1.63 bits per heavy atom. The molecule has 2 atom stereocenters. The lowest BCUT2D eigenvalue weighted by Crippen LogP contribution is -2.29. The van der Waals surface area contributed by atoms with E-state index in [4.69, 9.17) is 4.74 Å². The number of ether oxygens (including phenoxy) is 1. The second-order valence-corrected chi connectivity index (χ2v) is 12.3. The van der Waals surface area contributed by atoms with Gasteiger partial charge >= 0.3 is 5.97 Å². The largest absolute Gasteiger partial charge is 0.466 e. The Morgan fingerprint density at radius 3 is 2.13 bits per heavy atom. The Kier molecular flexibility index (Phi) is 44.3. The molecule has 1 aliphatic carbocycles. The number of esters is 1. The number of hydrogen-bond acceptors (Lipinski definition) is 5. The molecule has 0 aliphatic heterocycles. The number of halogens is 1. The quantitative estimate of drug-likeness (QED) is 0.0815. The number of nitrogens with one attached hydrogen (secondary N) is 1.